The summed E-state index contributed by atoms with van der Waals surface area (Å²) in [5.74, 6) is -0.930. The van der Waals surface area contributed by atoms with Crippen LogP contribution in [0.15, 0.2) is 30.3 Å². The number of carboxylic acid groups (broad SMARTS) is 1. The molecule has 2 aromatic rings. The minimum absolute atomic E-state index is 0.0336. The van der Waals surface area contributed by atoms with Gasteiger partial charge in [-0.1, -0.05) is 31.9 Å². The van der Waals surface area contributed by atoms with Gasteiger partial charge in [0, 0.05) is 63.1 Å². The predicted molar refractivity (Wildman–Crippen MR) is 139 cm³/mol. The Morgan fingerprint density at radius 3 is 2.35 bits per heavy atom. The molecule has 9 nitrogen and oxygen atoms in total. The molecule has 0 bridgehead atoms. The summed E-state index contributed by atoms with van der Waals surface area (Å²) in [5, 5.41) is 14.6. The Morgan fingerprint density at radius 1 is 1.11 bits per heavy atom. The van der Waals surface area contributed by atoms with Crippen LogP contribution >= 0.6 is 0 Å². The molecule has 37 heavy (non-hydrogen) atoms. The van der Waals surface area contributed by atoms with Gasteiger partial charge in [-0.05, 0) is 43.0 Å². The lowest BCUT2D eigenvalue weighted by Gasteiger charge is -2.34. The van der Waals surface area contributed by atoms with Crippen LogP contribution in [0, 0.1) is 17.3 Å². The van der Waals surface area contributed by atoms with E-state index < -0.39 is 23.2 Å². The van der Waals surface area contributed by atoms with Crippen molar-refractivity contribution in [3.05, 3.63) is 47.3 Å². The van der Waals surface area contributed by atoms with Gasteiger partial charge in [0.1, 0.15) is 5.69 Å². The third-order valence-corrected chi connectivity index (χ3v) is 8.92. The van der Waals surface area contributed by atoms with Crippen molar-refractivity contribution >= 4 is 23.5 Å². The summed E-state index contributed by atoms with van der Waals surface area (Å²) >= 11 is 0. The van der Waals surface area contributed by atoms with Crippen LogP contribution in [-0.4, -0.2) is 63.7 Å². The van der Waals surface area contributed by atoms with Crippen molar-refractivity contribution in [2.75, 3.05) is 31.1 Å². The average molecular weight is 508 g/mol. The van der Waals surface area contributed by atoms with E-state index in [4.69, 9.17) is 5.73 Å². The number of benzene rings is 1. The second-order valence-electron chi connectivity index (χ2n) is 11.1. The largest absolute Gasteiger partial charge is 0.481 e. The monoisotopic (exact) mass is 507 g/mol. The van der Waals surface area contributed by atoms with Crippen molar-refractivity contribution in [3.63, 3.8) is 0 Å². The molecule has 0 spiro atoms. The van der Waals surface area contributed by atoms with Gasteiger partial charge in [-0.3, -0.25) is 19.1 Å². The average Bonchev–Trinajstić information content (AvgIpc) is 3.65. The third kappa shape index (κ3) is 4.60. The lowest BCUT2D eigenvalue weighted by Crippen LogP contribution is -2.37. The number of hydrogen-bond acceptors (Lipinski definition) is 5. The predicted octanol–water partition coefficient (Wildman–Crippen LogP) is 2.79. The quantitative estimate of drug-likeness (QED) is 0.567. The van der Waals surface area contributed by atoms with E-state index in [0.29, 0.717) is 30.4 Å². The summed E-state index contributed by atoms with van der Waals surface area (Å²) in [6.45, 7) is 5.16. The molecule has 3 fully saturated rings. The number of aliphatic carboxylic acids is 1. The Labute approximate surface area is 217 Å². The van der Waals surface area contributed by atoms with Gasteiger partial charge in [0.2, 0.25) is 5.91 Å². The molecule has 1 aromatic heterocycles. The number of nitrogens with zero attached hydrogens (tertiary/aromatic N) is 4. The highest BCUT2D eigenvalue weighted by molar-refractivity contribution is 5.93. The van der Waals surface area contributed by atoms with Crippen molar-refractivity contribution in [1.29, 1.82) is 0 Å². The number of carbonyl (C=O) groups excluding carboxylic acids is 2. The zero-order valence-corrected chi connectivity index (χ0v) is 21.7. The number of carbonyl (C=O) groups is 3. The Kier molecular flexibility index (Phi) is 6.72. The van der Waals surface area contributed by atoms with Crippen LogP contribution in [0.25, 0.3) is 0 Å². The van der Waals surface area contributed by atoms with Crippen molar-refractivity contribution in [3.8, 4) is 0 Å². The van der Waals surface area contributed by atoms with Crippen LogP contribution in [0.1, 0.15) is 66.7 Å². The molecular weight excluding hydrogens is 470 g/mol. The normalized spacial score (nSPS) is 23.3. The van der Waals surface area contributed by atoms with E-state index in [1.807, 2.05) is 37.1 Å². The number of anilines is 1. The number of aromatic nitrogens is 2. The highest BCUT2D eigenvalue weighted by Gasteiger charge is 2.49. The Hall–Kier alpha value is -3.36. The molecule has 1 aliphatic carbocycles. The van der Waals surface area contributed by atoms with Gasteiger partial charge in [-0.25, -0.2) is 0 Å². The number of amides is 2. The van der Waals surface area contributed by atoms with E-state index in [1.54, 1.807) is 4.68 Å². The van der Waals surface area contributed by atoms with Gasteiger partial charge < -0.3 is 20.6 Å². The molecule has 3 heterocycles. The molecule has 5 rings (SSSR count). The molecule has 2 saturated heterocycles. The molecule has 2 amide bonds. The summed E-state index contributed by atoms with van der Waals surface area (Å²) in [7, 11) is 1.82. The van der Waals surface area contributed by atoms with Crippen molar-refractivity contribution in [1.82, 2.24) is 14.7 Å². The topological polar surface area (TPSA) is 122 Å². The molecule has 1 saturated carbocycles. The number of nitrogens with two attached hydrogens (primary N) is 1. The SMILES string of the molecule is CCc1cc(C(=O)N2CC3CN(c4cccc(C(CC(N)=O)C5(C(=O)O)CCCC5)c4)CC3C2)n(C)n1. The number of hydrogen-bond donors (Lipinski definition) is 2. The molecule has 3 aliphatic rings. The molecule has 1 aromatic carbocycles. The molecule has 198 valence electrons. The van der Waals surface area contributed by atoms with Gasteiger partial charge in [-0.15, -0.1) is 0 Å². The first-order valence-electron chi connectivity index (χ1n) is 13.4. The number of aryl methyl sites for hydroxylation is 2. The number of primary amides is 1. The number of fused-ring (bicyclic) bond motifs is 1. The molecular formula is C28H37N5O4. The molecule has 3 N–H and O–H groups in total. The minimum atomic E-state index is -0.945. The van der Waals surface area contributed by atoms with Crippen LogP contribution in [0.3, 0.4) is 0 Å². The summed E-state index contributed by atoms with van der Waals surface area (Å²) in [6, 6.07) is 9.91. The van der Waals surface area contributed by atoms with Gasteiger partial charge in [0.05, 0.1) is 11.1 Å². The Morgan fingerprint density at radius 2 is 1.78 bits per heavy atom. The molecule has 9 heteroatoms. The lowest BCUT2D eigenvalue weighted by molar-refractivity contribution is -0.150. The van der Waals surface area contributed by atoms with Crippen molar-refractivity contribution in [2.24, 2.45) is 30.0 Å². The van der Waals surface area contributed by atoms with Gasteiger partial charge >= 0.3 is 5.97 Å². The van der Waals surface area contributed by atoms with Gasteiger partial charge in [-0.2, -0.15) is 5.10 Å². The standard InChI is InChI=1S/C28H37N5O4/c1-3-21-12-24(31(2)30-21)26(35)33-16-19-14-32(15-20(19)17-33)22-8-6-7-18(11-22)23(13-25(29)34)28(27(36)37)9-4-5-10-28/h6-8,11-12,19-20,23H,3-5,9-10,13-17H2,1-2H3,(H2,29,34)(H,36,37). The van der Waals surface area contributed by atoms with Crippen LogP contribution in [0.2, 0.25) is 0 Å². The van der Waals surface area contributed by atoms with Crippen LogP contribution in [0.5, 0.6) is 0 Å². The van der Waals surface area contributed by atoms with Crippen LogP contribution < -0.4 is 10.6 Å². The number of rotatable bonds is 8. The summed E-state index contributed by atoms with van der Waals surface area (Å²) < 4.78 is 1.68. The van der Waals surface area contributed by atoms with E-state index in [9.17, 15) is 19.5 Å². The Balaban J connectivity index is 1.31. The maximum absolute atomic E-state index is 13.2. The van der Waals surface area contributed by atoms with E-state index in [2.05, 4.69) is 22.1 Å². The number of carboxylic acids is 1. The molecule has 0 radical (unpaired) electrons. The van der Waals surface area contributed by atoms with Crippen LogP contribution in [0.4, 0.5) is 5.69 Å². The number of likely N-dealkylation sites (tertiary alicyclic amines) is 1. The minimum Gasteiger partial charge on any atom is -0.481 e. The molecule has 2 aliphatic heterocycles. The van der Waals surface area contributed by atoms with Gasteiger partial charge in [0.15, 0.2) is 0 Å². The van der Waals surface area contributed by atoms with Gasteiger partial charge in [0.25, 0.3) is 5.91 Å². The summed E-state index contributed by atoms with van der Waals surface area (Å²) in [5.41, 5.74) is 8.13. The first kappa shape index (κ1) is 25.3. The maximum atomic E-state index is 13.2. The van der Waals surface area contributed by atoms with Crippen LogP contribution in [-0.2, 0) is 23.1 Å². The van der Waals surface area contributed by atoms with Crippen molar-refractivity contribution < 1.29 is 19.5 Å². The fourth-order valence-electron chi connectivity index (χ4n) is 6.92. The Bertz CT molecular complexity index is 1190. The van der Waals surface area contributed by atoms with Crippen molar-refractivity contribution in [2.45, 2.75) is 51.4 Å². The highest BCUT2D eigenvalue weighted by Crippen LogP contribution is 2.51. The fourth-order valence-corrected chi connectivity index (χ4v) is 6.92. The first-order chi connectivity index (χ1) is 17.7. The zero-order chi connectivity index (χ0) is 26.3. The summed E-state index contributed by atoms with van der Waals surface area (Å²) in [4.78, 5) is 41.9. The second-order valence-corrected chi connectivity index (χ2v) is 11.1. The molecule has 3 unspecified atom stereocenters. The maximum Gasteiger partial charge on any atom is 0.310 e. The zero-order valence-electron chi connectivity index (χ0n) is 21.7. The van der Waals surface area contributed by atoms with E-state index >= 15 is 0 Å². The highest BCUT2D eigenvalue weighted by atomic mass is 16.4. The third-order valence-electron chi connectivity index (χ3n) is 8.92. The smallest absolute Gasteiger partial charge is 0.310 e. The van der Waals surface area contributed by atoms with E-state index in [-0.39, 0.29) is 12.3 Å². The lowest BCUT2D eigenvalue weighted by atomic mass is 9.69. The second kappa shape index (κ2) is 9.84. The summed E-state index contributed by atoms with van der Waals surface area (Å²) in [6.07, 6.45) is 3.67. The van der Waals surface area contributed by atoms with E-state index in [0.717, 1.165) is 62.4 Å². The fraction of sp³-hybridized carbons (Fsp3) is 0.571. The van der Waals surface area contributed by atoms with E-state index in [1.165, 1.54) is 0 Å². The first-order valence-corrected chi connectivity index (χ1v) is 13.4. The molecule has 3 atom stereocenters.